The van der Waals surface area contributed by atoms with Crippen LogP contribution in [0.15, 0.2) is 24.3 Å². The minimum absolute atomic E-state index is 0.00381. The first kappa shape index (κ1) is 14.4. The molecule has 1 aromatic heterocycles. The molecule has 6 heteroatoms. The maximum atomic E-state index is 12.8. The number of aromatic nitrogens is 1. The molecule has 1 amide bonds. The number of aryl methyl sites for hydroxylation is 1. The van der Waals surface area contributed by atoms with Crippen LogP contribution in [0, 0.1) is 6.92 Å². The molecule has 110 valence electrons. The van der Waals surface area contributed by atoms with Crippen LogP contribution in [0.3, 0.4) is 0 Å². The van der Waals surface area contributed by atoms with E-state index < -0.39 is 0 Å². The number of carbonyl (C=O) groups excluding carboxylic acids is 1. The Morgan fingerprint density at radius 3 is 2.90 bits per heavy atom. The summed E-state index contributed by atoms with van der Waals surface area (Å²) in [5, 5.41) is 1.15. The third-order valence-electron chi connectivity index (χ3n) is 3.79. The summed E-state index contributed by atoms with van der Waals surface area (Å²) in [6.07, 6.45) is 1.91. The molecule has 2 heterocycles. The number of amides is 1. The highest BCUT2D eigenvalue weighted by Crippen LogP contribution is 2.37. The minimum Gasteiger partial charge on any atom is -0.375 e. The standard InChI is InChI=1S/C15H16ClN3OS/c1-9-13(21-15(17)18-9)14(20)19-8-4-7-12(19)10-5-2-3-6-11(10)16/h2-3,5-6,12H,4,7-8H2,1H3,(H2,17,18). The Bertz CT molecular complexity index is 685. The molecule has 0 spiro atoms. The summed E-state index contributed by atoms with van der Waals surface area (Å²) < 4.78 is 0. The first-order valence-corrected chi connectivity index (χ1v) is 8.05. The second kappa shape index (κ2) is 5.66. The average Bonchev–Trinajstić information content (AvgIpc) is 3.05. The van der Waals surface area contributed by atoms with Gasteiger partial charge < -0.3 is 10.6 Å². The molecular formula is C15H16ClN3OS. The summed E-state index contributed by atoms with van der Waals surface area (Å²) in [6, 6.07) is 7.76. The third kappa shape index (κ3) is 2.63. The lowest BCUT2D eigenvalue weighted by Gasteiger charge is -2.25. The second-order valence-corrected chi connectivity index (χ2v) is 6.58. The topological polar surface area (TPSA) is 59.2 Å². The van der Waals surface area contributed by atoms with Crippen molar-refractivity contribution in [3.63, 3.8) is 0 Å². The van der Waals surface area contributed by atoms with Gasteiger partial charge in [-0.3, -0.25) is 4.79 Å². The fraction of sp³-hybridized carbons (Fsp3) is 0.333. The number of nitrogens with two attached hydrogens (primary N) is 1. The molecule has 1 unspecified atom stereocenters. The Morgan fingerprint density at radius 1 is 1.48 bits per heavy atom. The van der Waals surface area contributed by atoms with Crippen LogP contribution in [0.1, 0.15) is 39.8 Å². The van der Waals surface area contributed by atoms with Crippen LogP contribution in [-0.4, -0.2) is 22.3 Å². The molecule has 3 rings (SSSR count). The molecule has 2 aromatic rings. The predicted octanol–water partition coefficient (Wildman–Crippen LogP) is 3.66. The molecule has 4 nitrogen and oxygen atoms in total. The summed E-state index contributed by atoms with van der Waals surface area (Å²) >= 11 is 7.54. The zero-order valence-corrected chi connectivity index (χ0v) is 13.2. The number of hydrogen-bond donors (Lipinski definition) is 1. The molecule has 2 N–H and O–H groups in total. The Kier molecular flexibility index (Phi) is 3.87. The summed E-state index contributed by atoms with van der Waals surface area (Å²) in [5.74, 6) is 0.00381. The van der Waals surface area contributed by atoms with Crippen molar-refractivity contribution in [2.45, 2.75) is 25.8 Å². The molecule has 1 atom stereocenters. The molecule has 1 fully saturated rings. The van der Waals surface area contributed by atoms with Crippen LogP contribution in [0.25, 0.3) is 0 Å². The van der Waals surface area contributed by atoms with E-state index in [9.17, 15) is 4.79 Å². The zero-order chi connectivity index (χ0) is 15.0. The maximum Gasteiger partial charge on any atom is 0.266 e. The molecule has 0 radical (unpaired) electrons. The first-order chi connectivity index (χ1) is 10.1. The van der Waals surface area contributed by atoms with Crippen molar-refractivity contribution in [3.05, 3.63) is 45.4 Å². The largest absolute Gasteiger partial charge is 0.375 e. The summed E-state index contributed by atoms with van der Waals surface area (Å²) in [5.41, 5.74) is 7.42. The van der Waals surface area contributed by atoms with Crippen molar-refractivity contribution in [3.8, 4) is 0 Å². The van der Waals surface area contributed by atoms with Gasteiger partial charge >= 0.3 is 0 Å². The fourth-order valence-corrected chi connectivity index (χ4v) is 3.88. The third-order valence-corrected chi connectivity index (χ3v) is 5.10. The van der Waals surface area contributed by atoms with E-state index in [2.05, 4.69) is 4.98 Å². The highest BCUT2D eigenvalue weighted by Gasteiger charge is 2.33. The van der Waals surface area contributed by atoms with Gasteiger partial charge in [0.1, 0.15) is 4.88 Å². The van der Waals surface area contributed by atoms with Gasteiger partial charge in [0.2, 0.25) is 0 Å². The lowest BCUT2D eigenvalue weighted by atomic mass is 10.0. The highest BCUT2D eigenvalue weighted by atomic mass is 35.5. The van der Waals surface area contributed by atoms with Gasteiger partial charge in [-0.05, 0) is 31.4 Å². The summed E-state index contributed by atoms with van der Waals surface area (Å²) in [6.45, 7) is 2.56. The van der Waals surface area contributed by atoms with Crippen LogP contribution in [-0.2, 0) is 0 Å². The number of rotatable bonds is 2. The summed E-state index contributed by atoms with van der Waals surface area (Å²) in [7, 11) is 0. The lowest BCUT2D eigenvalue weighted by Crippen LogP contribution is -2.30. The van der Waals surface area contributed by atoms with Gasteiger partial charge in [-0.15, -0.1) is 0 Å². The number of hydrogen-bond acceptors (Lipinski definition) is 4. The number of nitrogens with zero attached hydrogens (tertiary/aromatic N) is 2. The van der Waals surface area contributed by atoms with Crippen molar-refractivity contribution in [2.75, 3.05) is 12.3 Å². The van der Waals surface area contributed by atoms with E-state index in [-0.39, 0.29) is 11.9 Å². The van der Waals surface area contributed by atoms with E-state index in [0.717, 1.165) is 24.9 Å². The fourth-order valence-electron chi connectivity index (χ4n) is 2.82. The molecule has 1 aromatic carbocycles. The van der Waals surface area contributed by atoms with Gasteiger partial charge in [0.25, 0.3) is 5.91 Å². The molecular weight excluding hydrogens is 306 g/mol. The zero-order valence-electron chi connectivity index (χ0n) is 11.7. The van der Waals surface area contributed by atoms with E-state index in [1.165, 1.54) is 11.3 Å². The van der Waals surface area contributed by atoms with Gasteiger partial charge in [-0.1, -0.05) is 41.1 Å². The maximum absolute atomic E-state index is 12.8. The first-order valence-electron chi connectivity index (χ1n) is 6.86. The van der Waals surface area contributed by atoms with Crippen molar-refractivity contribution in [2.24, 2.45) is 0 Å². The number of carbonyl (C=O) groups is 1. The van der Waals surface area contributed by atoms with Gasteiger partial charge in [-0.25, -0.2) is 4.98 Å². The van der Waals surface area contributed by atoms with Crippen molar-refractivity contribution < 1.29 is 4.79 Å². The van der Waals surface area contributed by atoms with Gasteiger partial charge in [0, 0.05) is 11.6 Å². The Balaban J connectivity index is 1.93. The number of nitrogen functional groups attached to an aromatic ring is 1. The lowest BCUT2D eigenvalue weighted by molar-refractivity contribution is 0.0739. The van der Waals surface area contributed by atoms with Crippen molar-refractivity contribution in [1.82, 2.24) is 9.88 Å². The number of likely N-dealkylation sites (tertiary alicyclic amines) is 1. The van der Waals surface area contributed by atoms with Gasteiger partial charge in [0.05, 0.1) is 11.7 Å². The molecule has 1 aliphatic rings. The smallest absolute Gasteiger partial charge is 0.266 e. The second-order valence-electron chi connectivity index (χ2n) is 5.14. The van der Waals surface area contributed by atoms with Crippen molar-refractivity contribution >= 4 is 34.0 Å². The molecule has 21 heavy (non-hydrogen) atoms. The van der Waals surface area contributed by atoms with Crippen LogP contribution < -0.4 is 5.73 Å². The minimum atomic E-state index is 0.00381. The van der Waals surface area contributed by atoms with E-state index in [1.54, 1.807) is 0 Å². The normalized spacial score (nSPS) is 18.2. The quantitative estimate of drug-likeness (QED) is 0.918. The number of anilines is 1. The molecule has 0 bridgehead atoms. The highest BCUT2D eigenvalue weighted by molar-refractivity contribution is 7.17. The van der Waals surface area contributed by atoms with Crippen LogP contribution in [0.2, 0.25) is 5.02 Å². The molecule has 0 aliphatic carbocycles. The predicted molar refractivity (Wildman–Crippen MR) is 85.7 cm³/mol. The van der Waals surface area contributed by atoms with E-state index in [1.807, 2.05) is 36.1 Å². The summed E-state index contributed by atoms with van der Waals surface area (Å²) in [4.78, 5) is 19.4. The van der Waals surface area contributed by atoms with Crippen molar-refractivity contribution in [1.29, 1.82) is 0 Å². The number of halogens is 1. The van der Waals surface area contributed by atoms with E-state index >= 15 is 0 Å². The number of thiazole rings is 1. The van der Waals surface area contributed by atoms with Crippen LogP contribution in [0.5, 0.6) is 0 Å². The Hall–Kier alpha value is -1.59. The van der Waals surface area contributed by atoms with Crippen LogP contribution >= 0.6 is 22.9 Å². The van der Waals surface area contributed by atoms with E-state index in [4.69, 9.17) is 17.3 Å². The monoisotopic (exact) mass is 321 g/mol. The average molecular weight is 322 g/mol. The number of benzene rings is 1. The van der Waals surface area contributed by atoms with Crippen LogP contribution in [0.4, 0.5) is 5.13 Å². The molecule has 0 saturated carbocycles. The molecule has 1 aliphatic heterocycles. The van der Waals surface area contributed by atoms with Gasteiger partial charge in [0.15, 0.2) is 5.13 Å². The van der Waals surface area contributed by atoms with Gasteiger partial charge in [-0.2, -0.15) is 0 Å². The van der Waals surface area contributed by atoms with E-state index in [0.29, 0.717) is 20.7 Å². The molecule has 1 saturated heterocycles. The Morgan fingerprint density at radius 2 is 2.24 bits per heavy atom. The Labute approximate surface area is 132 Å². The SMILES string of the molecule is Cc1nc(N)sc1C(=O)N1CCCC1c1ccccc1Cl.